The van der Waals surface area contributed by atoms with Gasteiger partial charge in [0.1, 0.15) is 0 Å². The number of carbonyl (C=O) groups is 1. The van der Waals surface area contributed by atoms with Gasteiger partial charge in [0.15, 0.2) is 0 Å². The fourth-order valence-corrected chi connectivity index (χ4v) is 3.00. The Bertz CT molecular complexity index is 272. The molecule has 21 heavy (non-hydrogen) atoms. The third-order valence-electron chi connectivity index (χ3n) is 4.05. The molecule has 1 saturated heterocycles. The number of rotatable bonds is 6. The zero-order valence-corrected chi connectivity index (χ0v) is 15.7. The Morgan fingerprint density at radius 2 is 1.76 bits per heavy atom. The SMILES string of the molecule is CCNCC1CCN(C(=O)C(C(C)C)N(C)C)CC1.Cl.Cl. The van der Waals surface area contributed by atoms with E-state index in [0.717, 1.165) is 44.9 Å². The first-order valence-corrected chi connectivity index (χ1v) is 7.63. The van der Waals surface area contributed by atoms with Gasteiger partial charge in [-0.15, -0.1) is 24.8 Å². The molecule has 1 rings (SSSR count). The average Bonchev–Trinajstić information content (AvgIpc) is 2.36. The molecule has 1 aliphatic rings. The van der Waals surface area contributed by atoms with Gasteiger partial charge < -0.3 is 10.2 Å². The molecular formula is C15H33Cl2N3O. The molecular weight excluding hydrogens is 309 g/mol. The first-order valence-electron chi connectivity index (χ1n) is 7.63. The molecule has 128 valence electrons. The molecule has 1 heterocycles. The normalized spacial score (nSPS) is 17.4. The highest BCUT2D eigenvalue weighted by Gasteiger charge is 2.31. The van der Waals surface area contributed by atoms with Crippen LogP contribution in [0.3, 0.4) is 0 Å². The van der Waals surface area contributed by atoms with Crippen molar-refractivity contribution in [1.82, 2.24) is 15.1 Å². The summed E-state index contributed by atoms with van der Waals surface area (Å²) in [6.07, 6.45) is 2.27. The number of hydrogen-bond acceptors (Lipinski definition) is 3. The number of amides is 1. The van der Waals surface area contributed by atoms with E-state index in [1.807, 2.05) is 14.1 Å². The smallest absolute Gasteiger partial charge is 0.240 e. The number of nitrogens with one attached hydrogen (secondary N) is 1. The van der Waals surface area contributed by atoms with Crippen molar-refractivity contribution < 1.29 is 4.79 Å². The lowest BCUT2D eigenvalue weighted by Gasteiger charge is -2.37. The largest absolute Gasteiger partial charge is 0.341 e. The van der Waals surface area contributed by atoms with Crippen LogP contribution < -0.4 is 5.32 Å². The van der Waals surface area contributed by atoms with E-state index in [1.165, 1.54) is 0 Å². The maximum Gasteiger partial charge on any atom is 0.240 e. The zero-order chi connectivity index (χ0) is 14.4. The number of likely N-dealkylation sites (tertiary alicyclic amines) is 1. The maximum absolute atomic E-state index is 12.6. The number of halogens is 2. The number of carbonyl (C=O) groups excluding carboxylic acids is 1. The predicted molar refractivity (Wildman–Crippen MR) is 94.7 cm³/mol. The van der Waals surface area contributed by atoms with E-state index in [1.54, 1.807) is 0 Å². The van der Waals surface area contributed by atoms with E-state index in [2.05, 4.69) is 35.9 Å². The number of hydrogen-bond donors (Lipinski definition) is 1. The summed E-state index contributed by atoms with van der Waals surface area (Å²) < 4.78 is 0. The molecule has 0 aromatic carbocycles. The summed E-state index contributed by atoms with van der Waals surface area (Å²) in [5, 5.41) is 3.41. The molecule has 0 aromatic rings. The summed E-state index contributed by atoms with van der Waals surface area (Å²) in [7, 11) is 4.00. The molecule has 6 heteroatoms. The molecule has 1 N–H and O–H groups in total. The van der Waals surface area contributed by atoms with Crippen molar-refractivity contribution in [3.8, 4) is 0 Å². The van der Waals surface area contributed by atoms with Crippen LogP contribution in [0.15, 0.2) is 0 Å². The maximum atomic E-state index is 12.6. The monoisotopic (exact) mass is 341 g/mol. The molecule has 1 unspecified atom stereocenters. The lowest BCUT2D eigenvalue weighted by Crippen LogP contribution is -2.51. The molecule has 0 saturated carbocycles. The van der Waals surface area contributed by atoms with Gasteiger partial charge in [-0.1, -0.05) is 20.8 Å². The minimum Gasteiger partial charge on any atom is -0.341 e. The molecule has 4 nitrogen and oxygen atoms in total. The molecule has 0 spiro atoms. The molecule has 0 aliphatic carbocycles. The highest BCUT2D eigenvalue weighted by atomic mass is 35.5. The van der Waals surface area contributed by atoms with Gasteiger partial charge in [0.2, 0.25) is 5.91 Å². The Hall–Kier alpha value is -0.0300. The third kappa shape index (κ3) is 7.18. The quantitative estimate of drug-likeness (QED) is 0.804. The summed E-state index contributed by atoms with van der Waals surface area (Å²) in [4.78, 5) is 16.7. The molecule has 0 bridgehead atoms. The summed E-state index contributed by atoms with van der Waals surface area (Å²) >= 11 is 0. The minimum atomic E-state index is 0. The molecule has 1 fully saturated rings. The van der Waals surface area contributed by atoms with E-state index in [0.29, 0.717) is 11.8 Å². The van der Waals surface area contributed by atoms with E-state index in [-0.39, 0.29) is 30.9 Å². The fraction of sp³-hybridized carbons (Fsp3) is 0.933. The van der Waals surface area contributed by atoms with Crippen LogP contribution in [0.1, 0.15) is 33.6 Å². The fourth-order valence-electron chi connectivity index (χ4n) is 3.00. The van der Waals surface area contributed by atoms with Crippen molar-refractivity contribution in [2.24, 2.45) is 11.8 Å². The highest BCUT2D eigenvalue weighted by molar-refractivity contribution is 5.85. The predicted octanol–water partition coefficient (Wildman–Crippen LogP) is 2.26. The standard InChI is InChI=1S/C15H31N3O.2ClH/c1-6-16-11-13-7-9-18(10-8-13)15(19)14(12(2)3)17(4)5;;/h12-14,16H,6-11H2,1-5H3;2*1H. The van der Waals surface area contributed by atoms with E-state index in [9.17, 15) is 4.79 Å². The molecule has 0 aromatic heterocycles. The Kier molecular flexibility index (Phi) is 12.8. The second-order valence-corrected chi connectivity index (χ2v) is 6.23. The lowest BCUT2D eigenvalue weighted by atomic mass is 9.94. The van der Waals surface area contributed by atoms with Gasteiger partial charge in [0.05, 0.1) is 6.04 Å². The summed E-state index contributed by atoms with van der Waals surface area (Å²) in [5.74, 6) is 1.41. The van der Waals surface area contributed by atoms with Gasteiger partial charge in [-0.3, -0.25) is 9.69 Å². The van der Waals surface area contributed by atoms with Crippen molar-refractivity contribution in [2.75, 3.05) is 40.3 Å². The van der Waals surface area contributed by atoms with Crippen molar-refractivity contribution in [1.29, 1.82) is 0 Å². The van der Waals surface area contributed by atoms with Crippen molar-refractivity contribution in [3.05, 3.63) is 0 Å². The van der Waals surface area contributed by atoms with Gasteiger partial charge in [-0.25, -0.2) is 0 Å². The van der Waals surface area contributed by atoms with Crippen molar-refractivity contribution in [2.45, 2.75) is 39.7 Å². The molecule has 1 amide bonds. The van der Waals surface area contributed by atoms with E-state index < -0.39 is 0 Å². The van der Waals surface area contributed by atoms with Crippen LogP contribution in [0.2, 0.25) is 0 Å². The van der Waals surface area contributed by atoms with Gasteiger partial charge in [-0.05, 0) is 51.9 Å². The number of likely N-dealkylation sites (N-methyl/N-ethyl adjacent to an activating group) is 1. The van der Waals surface area contributed by atoms with Gasteiger partial charge in [0.25, 0.3) is 0 Å². The molecule has 0 radical (unpaired) electrons. The van der Waals surface area contributed by atoms with E-state index in [4.69, 9.17) is 0 Å². The molecule has 1 atom stereocenters. The Balaban J connectivity index is 0. The summed E-state index contributed by atoms with van der Waals surface area (Å²) in [6, 6.07) is 0.0188. The van der Waals surface area contributed by atoms with Crippen molar-refractivity contribution >= 4 is 30.7 Å². The van der Waals surface area contributed by atoms with Crippen LogP contribution in [-0.4, -0.2) is 62.0 Å². The zero-order valence-electron chi connectivity index (χ0n) is 14.1. The lowest BCUT2D eigenvalue weighted by molar-refractivity contribution is -0.139. The van der Waals surface area contributed by atoms with Crippen LogP contribution in [0, 0.1) is 11.8 Å². The summed E-state index contributed by atoms with van der Waals surface area (Å²) in [5.41, 5.74) is 0. The Labute approximate surface area is 142 Å². The minimum absolute atomic E-state index is 0. The summed E-state index contributed by atoms with van der Waals surface area (Å²) in [6.45, 7) is 10.4. The number of nitrogens with zero attached hydrogens (tertiary/aromatic N) is 2. The number of piperidine rings is 1. The van der Waals surface area contributed by atoms with Gasteiger partial charge in [-0.2, -0.15) is 0 Å². The van der Waals surface area contributed by atoms with Gasteiger partial charge in [0, 0.05) is 13.1 Å². The van der Waals surface area contributed by atoms with Gasteiger partial charge >= 0.3 is 0 Å². The first-order chi connectivity index (χ1) is 8.97. The topological polar surface area (TPSA) is 35.6 Å². The van der Waals surface area contributed by atoms with Crippen molar-refractivity contribution in [3.63, 3.8) is 0 Å². The van der Waals surface area contributed by atoms with Crippen LogP contribution >= 0.6 is 24.8 Å². The van der Waals surface area contributed by atoms with Crippen LogP contribution in [-0.2, 0) is 4.79 Å². The Morgan fingerprint density at radius 3 is 2.14 bits per heavy atom. The van der Waals surface area contributed by atoms with E-state index >= 15 is 0 Å². The first kappa shape index (κ1) is 23.2. The van der Waals surface area contributed by atoms with Crippen LogP contribution in [0.25, 0.3) is 0 Å². The highest BCUT2D eigenvalue weighted by Crippen LogP contribution is 2.19. The Morgan fingerprint density at radius 1 is 1.24 bits per heavy atom. The van der Waals surface area contributed by atoms with Crippen LogP contribution in [0.4, 0.5) is 0 Å². The third-order valence-corrected chi connectivity index (χ3v) is 4.05. The second kappa shape index (κ2) is 11.5. The second-order valence-electron chi connectivity index (χ2n) is 6.23. The molecule has 1 aliphatic heterocycles. The average molecular weight is 342 g/mol. The van der Waals surface area contributed by atoms with Crippen LogP contribution in [0.5, 0.6) is 0 Å².